The summed E-state index contributed by atoms with van der Waals surface area (Å²) in [6, 6.07) is 9.34. The lowest BCUT2D eigenvalue weighted by atomic mass is 9.87. The Kier molecular flexibility index (Phi) is 6.06. The first kappa shape index (κ1) is 14.4. The van der Waals surface area contributed by atoms with Gasteiger partial charge in [0, 0.05) is 27.7 Å². The first-order valence-electron chi connectivity index (χ1n) is 6.86. The summed E-state index contributed by atoms with van der Waals surface area (Å²) >= 11 is 5.40. The highest BCUT2D eigenvalue weighted by atomic mass is 79.9. The predicted octanol–water partition coefficient (Wildman–Crippen LogP) is 4.71. The van der Waals surface area contributed by atoms with Crippen LogP contribution in [0.2, 0.25) is 0 Å². The lowest BCUT2D eigenvalue weighted by Gasteiger charge is -2.27. The summed E-state index contributed by atoms with van der Waals surface area (Å²) < 4.78 is 1.15. The van der Waals surface area contributed by atoms with Crippen LogP contribution in [0.4, 0.5) is 0 Å². The van der Waals surface area contributed by atoms with Crippen LogP contribution in [0.1, 0.15) is 32.6 Å². The maximum Gasteiger partial charge on any atom is 0.0176 e. The quantitative estimate of drug-likeness (QED) is 0.620. The molecular weight excluding hydrogens is 306 g/mol. The Balaban J connectivity index is 1.62. The summed E-state index contributed by atoms with van der Waals surface area (Å²) in [6.07, 6.45) is 5.56. The maximum absolute atomic E-state index is 3.70. The Hall–Kier alpha value is 0.01000. The minimum absolute atomic E-state index is 0.763. The molecule has 0 amide bonds. The van der Waals surface area contributed by atoms with Gasteiger partial charge in [0.15, 0.2) is 0 Å². The molecule has 2 rings (SSSR count). The van der Waals surface area contributed by atoms with E-state index in [9.17, 15) is 0 Å². The molecule has 1 N–H and O–H groups in total. The van der Waals surface area contributed by atoms with Gasteiger partial charge in [-0.15, -0.1) is 11.8 Å². The van der Waals surface area contributed by atoms with E-state index in [0.717, 1.165) is 28.7 Å². The predicted molar refractivity (Wildman–Crippen MR) is 84.3 cm³/mol. The molecule has 1 nitrogen and oxygen atoms in total. The topological polar surface area (TPSA) is 12.0 Å². The van der Waals surface area contributed by atoms with E-state index in [1.54, 1.807) is 0 Å². The number of halogens is 1. The van der Waals surface area contributed by atoms with Crippen molar-refractivity contribution >= 4 is 27.7 Å². The Labute approximate surface area is 123 Å². The van der Waals surface area contributed by atoms with Gasteiger partial charge in [-0.1, -0.05) is 35.7 Å². The highest BCUT2D eigenvalue weighted by molar-refractivity contribution is 9.10. The Morgan fingerprint density at radius 3 is 2.78 bits per heavy atom. The molecule has 0 saturated heterocycles. The summed E-state index contributed by atoms with van der Waals surface area (Å²) in [5.41, 5.74) is 0. The number of benzene rings is 1. The van der Waals surface area contributed by atoms with Crippen LogP contribution < -0.4 is 5.32 Å². The molecule has 0 spiro atoms. The smallest absolute Gasteiger partial charge is 0.0176 e. The second-order valence-electron chi connectivity index (χ2n) is 5.23. The van der Waals surface area contributed by atoms with Crippen molar-refractivity contribution < 1.29 is 0 Å². The number of nitrogens with one attached hydrogen (secondary N) is 1. The minimum Gasteiger partial charge on any atom is -0.313 e. The van der Waals surface area contributed by atoms with Crippen molar-refractivity contribution in [3.63, 3.8) is 0 Å². The summed E-state index contributed by atoms with van der Waals surface area (Å²) in [7, 11) is 0. The average Bonchev–Trinajstić information content (AvgIpc) is 2.37. The molecule has 1 fully saturated rings. The number of hydrogen-bond donors (Lipinski definition) is 1. The molecule has 3 heteroatoms. The molecule has 0 bridgehead atoms. The van der Waals surface area contributed by atoms with E-state index in [0.29, 0.717) is 0 Å². The van der Waals surface area contributed by atoms with Crippen LogP contribution in [0.5, 0.6) is 0 Å². The standard InChI is InChI=1S/C15H22BrNS/c1-12-3-2-4-14(11-12)17-9-10-18-15-7-5-13(16)6-8-15/h5-8,12,14,17H,2-4,9-11H2,1H3. The van der Waals surface area contributed by atoms with Gasteiger partial charge in [-0.05, 0) is 43.0 Å². The number of rotatable bonds is 5. The van der Waals surface area contributed by atoms with Crippen molar-refractivity contribution in [3.8, 4) is 0 Å². The fraction of sp³-hybridized carbons (Fsp3) is 0.600. The van der Waals surface area contributed by atoms with Gasteiger partial charge >= 0.3 is 0 Å². The van der Waals surface area contributed by atoms with Crippen molar-refractivity contribution in [1.29, 1.82) is 0 Å². The van der Waals surface area contributed by atoms with E-state index in [-0.39, 0.29) is 0 Å². The Morgan fingerprint density at radius 1 is 1.28 bits per heavy atom. The molecule has 0 radical (unpaired) electrons. The molecule has 100 valence electrons. The van der Waals surface area contributed by atoms with Crippen LogP contribution in [-0.4, -0.2) is 18.3 Å². The minimum atomic E-state index is 0.763. The first-order chi connectivity index (χ1) is 8.74. The second-order valence-corrected chi connectivity index (χ2v) is 7.31. The van der Waals surface area contributed by atoms with Crippen molar-refractivity contribution in [2.45, 2.75) is 43.5 Å². The van der Waals surface area contributed by atoms with Crippen LogP contribution in [0.25, 0.3) is 0 Å². The van der Waals surface area contributed by atoms with Crippen molar-refractivity contribution in [1.82, 2.24) is 5.32 Å². The van der Waals surface area contributed by atoms with Gasteiger partial charge in [0.2, 0.25) is 0 Å². The van der Waals surface area contributed by atoms with E-state index in [1.165, 1.54) is 30.6 Å². The highest BCUT2D eigenvalue weighted by Gasteiger charge is 2.17. The molecule has 0 aliphatic heterocycles. The normalized spacial score (nSPS) is 24.1. The molecule has 18 heavy (non-hydrogen) atoms. The van der Waals surface area contributed by atoms with E-state index < -0.39 is 0 Å². The average molecular weight is 328 g/mol. The molecule has 0 heterocycles. The third-order valence-electron chi connectivity index (χ3n) is 3.55. The zero-order valence-electron chi connectivity index (χ0n) is 11.0. The van der Waals surface area contributed by atoms with Gasteiger partial charge < -0.3 is 5.32 Å². The van der Waals surface area contributed by atoms with E-state index >= 15 is 0 Å². The van der Waals surface area contributed by atoms with Crippen LogP contribution >= 0.6 is 27.7 Å². The van der Waals surface area contributed by atoms with Crippen LogP contribution in [0.3, 0.4) is 0 Å². The van der Waals surface area contributed by atoms with Crippen molar-refractivity contribution in [2.75, 3.05) is 12.3 Å². The van der Waals surface area contributed by atoms with Gasteiger partial charge in [-0.2, -0.15) is 0 Å². The number of hydrogen-bond acceptors (Lipinski definition) is 2. The summed E-state index contributed by atoms with van der Waals surface area (Å²) in [5.74, 6) is 2.07. The van der Waals surface area contributed by atoms with Gasteiger partial charge in [-0.25, -0.2) is 0 Å². The molecule has 1 aliphatic carbocycles. The SMILES string of the molecule is CC1CCCC(NCCSc2ccc(Br)cc2)C1. The van der Waals surface area contributed by atoms with Crippen molar-refractivity contribution in [2.24, 2.45) is 5.92 Å². The zero-order valence-corrected chi connectivity index (χ0v) is 13.4. The molecule has 1 aromatic rings. The van der Waals surface area contributed by atoms with Gasteiger partial charge in [0.05, 0.1) is 0 Å². The summed E-state index contributed by atoms with van der Waals surface area (Å²) in [5, 5.41) is 3.70. The summed E-state index contributed by atoms with van der Waals surface area (Å²) in [4.78, 5) is 1.36. The van der Waals surface area contributed by atoms with E-state index in [2.05, 4.69) is 52.4 Å². The van der Waals surface area contributed by atoms with E-state index in [4.69, 9.17) is 0 Å². The van der Waals surface area contributed by atoms with E-state index in [1.807, 2.05) is 11.8 Å². The third-order valence-corrected chi connectivity index (χ3v) is 5.10. The number of thioether (sulfide) groups is 1. The van der Waals surface area contributed by atoms with Crippen LogP contribution in [0, 0.1) is 5.92 Å². The molecule has 2 atom stereocenters. The molecule has 0 aromatic heterocycles. The Bertz CT molecular complexity index is 352. The van der Waals surface area contributed by atoms with Crippen molar-refractivity contribution in [3.05, 3.63) is 28.7 Å². The molecule has 1 saturated carbocycles. The highest BCUT2D eigenvalue weighted by Crippen LogP contribution is 2.24. The van der Waals surface area contributed by atoms with Gasteiger partial charge in [0.25, 0.3) is 0 Å². The third kappa shape index (κ3) is 4.94. The van der Waals surface area contributed by atoms with Crippen LogP contribution in [-0.2, 0) is 0 Å². The lowest BCUT2D eigenvalue weighted by Crippen LogP contribution is -2.34. The molecular formula is C15H22BrNS. The van der Waals surface area contributed by atoms with Gasteiger partial charge in [0.1, 0.15) is 0 Å². The molecule has 1 aromatic carbocycles. The molecule has 1 aliphatic rings. The second kappa shape index (κ2) is 7.56. The monoisotopic (exact) mass is 327 g/mol. The zero-order chi connectivity index (χ0) is 12.8. The lowest BCUT2D eigenvalue weighted by molar-refractivity contribution is 0.306. The maximum atomic E-state index is 3.70. The summed E-state index contributed by atoms with van der Waals surface area (Å²) in [6.45, 7) is 3.50. The molecule has 2 unspecified atom stereocenters. The fourth-order valence-electron chi connectivity index (χ4n) is 2.58. The largest absolute Gasteiger partial charge is 0.313 e. The Morgan fingerprint density at radius 2 is 2.06 bits per heavy atom. The fourth-order valence-corrected chi connectivity index (χ4v) is 3.63. The van der Waals surface area contributed by atoms with Gasteiger partial charge in [-0.3, -0.25) is 0 Å². The van der Waals surface area contributed by atoms with Crippen LogP contribution in [0.15, 0.2) is 33.6 Å². The first-order valence-corrected chi connectivity index (χ1v) is 8.63.